The van der Waals surface area contributed by atoms with Gasteiger partial charge in [0, 0.05) is 6.42 Å². The SMILES string of the molecule is OC1Cc2cc3c(cc21)OCO3. The molecule has 2 aliphatic rings. The van der Waals surface area contributed by atoms with Gasteiger partial charge in [-0.05, 0) is 23.3 Å². The fourth-order valence-electron chi connectivity index (χ4n) is 1.67. The fourth-order valence-corrected chi connectivity index (χ4v) is 1.67. The van der Waals surface area contributed by atoms with E-state index >= 15 is 0 Å². The number of fused-ring (bicyclic) bond motifs is 2. The first-order valence-electron chi connectivity index (χ1n) is 3.95. The van der Waals surface area contributed by atoms with E-state index in [1.54, 1.807) is 0 Å². The molecule has 1 aromatic rings. The largest absolute Gasteiger partial charge is 0.454 e. The van der Waals surface area contributed by atoms with Gasteiger partial charge in [0.2, 0.25) is 6.79 Å². The molecule has 0 fully saturated rings. The molecule has 0 saturated heterocycles. The molecule has 0 aromatic heterocycles. The van der Waals surface area contributed by atoms with E-state index in [4.69, 9.17) is 9.47 Å². The van der Waals surface area contributed by atoms with Crippen molar-refractivity contribution in [2.45, 2.75) is 12.5 Å². The molecule has 3 nitrogen and oxygen atoms in total. The Morgan fingerprint density at radius 1 is 1.25 bits per heavy atom. The molecule has 1 aliphatic carbocycles. The number of benzene rings is 1. The minimum Gasteiger partial charge on any atom is -0.454 e. The van der Waals surface area contributed by atoms with Crippen molar-refractivity contribution in [3.8, 4) is 11.5 Å². The molecular formula is C9H8O3. The molecule has 0 saturated carbocycles. The zero-order valence-corrected chi connectivity index (χ0v) is 6.41. The van der Waals surface area contributed by atoms with Crippen molar-refractivity contribution in [2.24, 2.45) is 0 Å². The van der Waals surface area contributed by atoms with E-state index in [1.807, 2.05) is 12.1 Å². The summed E-state index contributed by atoms with van der Waals surface area (Å²) in [7, 11) is 0. The fraction of sp³-hybridized carbons (Fsp3) is 0.333. The lowest BCUT2D eigenvalue weighted by molar-refractivity contribution is 0.153. The van der Waals surface area contributed by atoms with E-state index in [0.717, 1.165) is 23.5 Å². The number of aliphatic hydroxyl groups excluding tert-OH is 1. The zero-order valence-electron chi connectivity index (χ0n) is 6.41. The minimum absolute atomic E-state index is 0.297. The van der Waals surface area contributed by atoms with Crippen molar-refractivity contribution in [3.63, 3.8) is 0 Å². The second-order valence-corrected chi connectivity index (χ2v) is 3.12. The highest BCUT2D eigenvalue weighted by Crippen LogP contribution is 2.42. The topological polar surface area (TPSA) is 38.7 Å². The van der Waals surface area contributed by atoms with Crippen LogP contribution in [-0.4, -0.2) is 11.9 Å². The van der Waals surface area contributed by atoms with Gasteiger partial charge in [-0.2, -0.15) is 0 Å². The van der Waals surface area contributed by atoms with Crippen LogP contribution in [0.3, 0.4) is 0 Å². The standard InChI is InChI=1S/C9H8O3/c10-7-1-5-2-8-9(3-6(5)7)12-4-11-8/h2-3,7,10H,1,4H2. The minimum atomic E-state index is -0.297. The van der Waals surface area contributed by atoms with Crippen LogP contribution in [0.25, 0.3) is 0 Å². The molecule has 0 bridgehead atoms. The van der Waals surface area contributed by atoms with E-state index in [2.05, 4.69) is 0 Å². The highest BCUT2D eigenvalue weighted by Gasteiger charge is 2.28. The third-order valence-electron chi connectivity index (χ3n) is 2.41. The Morgan fingerprint density at radius 2 is 2.00 bits per heavy atom. The van der Waals surface area contributed by atoms with Crippen LogP contribution >= 0.6 is 0 Å². The maximum Gasteiger partial charge on any atom is 0.231 e. The van der Waals surface area contributed by atoms with Gasteiger partial charge in [-0.1, -0.05) is 0 Å². The quantitative estimate of drug-likeness (QED) is 0.621. The molecule has 1 unspecified atom stereocenters. The van der Waals surface area contributed by atoms with Crippen molar-refractivity contribution in [3.05, 3.63) is 23.3 Å². The molecule has 0 spiro atoms. The molecule has 62 valence electrons. The van der Waals surface area contributed by atoms with Crippen LogP contribution in [0.15, 0.2) is 12.1 Å². The Balaban J connectivity index is 2.17. The molecule has 1 aromatic carbocycles. The van der Waals surface area contributed by atoms with Crippen LogP contribution in [0.2, 0.25) is 0 Å². The molecule has 0 radical (unpaired) electrons. The first-order valence-corrected chi connectivity index (χ1v) is 3.95. The Kier molecular flexibility index (Phi) is 1.01. The summed E-state index contributed by atoms with van der Waals surface area (Å²) in [5.74, 6) is 1.56. The first-order chi connectivity index (χ1) is 5.84. The van der Waals surface area contributed by atoms with Crippen molar-refractivity contribution in [2.75, 3.05) is 6.79 Å². The predicted octanol–water partition coefficient (Wildman–Crippen LogP) is 1.00. The van der Waals surface area contributed by atoms with Gasteiger partial charge in [-0.3, -0.25) is 0 Å². The summed E-state index contributed by atoms with van der Waals surface area (Å²) in [5.41, 5.74) is 2.16. The molecule has 1 N–H and O–H groups in total. The van der Waals surface area contributed by atoms with E-state index in [1.165, 1.54) is 5.56 Å². The molecule has 3 rings (SSSR count). The summed E-state index contributed by atoms with van der Waals surface area (Å²) >= 11 is 0. The van der Waals surface area contributed by atoms with E-state index < -0.39 is 0 Å². The molecule has 1 heterocycles. The smallest absolute Gasteiger partial charge is 0.231 e. The first kappa shape index (κ1) is 6.31. The van der Waals surface area contributed by atoms with Crippen LogP contribution in [0.4, 0.5) is 0 Å². The average molecular weight is 164 g/mol. The summed E-state index contributed by atoms with van der Waals surface area (Å²) in [5, 5.41) is 9.33. The lowest BCUT2D eigenvalue weighted by atomic mass is 9.85. The third-order valence-corrected chi connectivity index (χ3v) is 2.41. The molecule has 1 atom stereocenters. The second-order valence-electron chi connectivity index (χ2n) is 3.12. The maximum atomic E-state index is 9.33. The lowest BCUT2D eigenvalue weighted by Crippen LogP contribution is -2.15. The van der Waals surface area contributed by atoms with E-state index in [-0.39, 0.29) is 6.10 Å². The Bertz CT molecular complexity index is 345. The van der Waals surface area contributed by atoms with Gasteiger partial charge < -0.3 is 14.6 Å². The molecule has 1 aliphatic heterocycles. The summed E-state index contributed by atoms with van der Waals surface area (Å²) in [4.78, 5) is 0. The van der Waals surface area contributed by atoms with Crippen LogP contribution in [0, 0.1) is 0 Å². The van der Waals surface area contributed by atoms with Crippen LogP contribution in [0.5, 0.6) is 11.5 Å². The molecule has 12 heavy (non-hydrogen) atoms. The number of ether oxygens (including phenoxy) is 2. The number of rotatable bonds is 0. The normalized spacial score (nSPS) is 23.2. The summed E-state index contributed by atoms with van der Waals surface area (Å²) in [6.45, 7) is 0.300. The van der Waals surface area contributed by atoms with Crippen LogP contribution in [-0.2, 0) is 6.42 Å². The van der Waals surface area contributed by atoms with Crippen molar-refractivity contribution in [1.82, 2.24) is 0 Å². The van der Waals surface area contributed by atoms with Gasteiger partial charge in [-0.15, -0.1) is 0 Å². The zero-order chi connectivity index (χ0) is 8.13. The van der Waals surface area contributed by atoms with Gasteiger partial charge in [-0.25, -0.2) is 0 Å². The van der Waals surface area contributed by atoms with E-state index in [9.17, 15) is 5.11 Å². The van der Waals surface area contributed by atoms with E-state index in [0.29, 0.717) is 6.79 Å². The third kappa shape index (κ3) is 0.642. The predicted molar refractivity (Wildman–Crippen MR) is 41.2 cm³/mol. The second kappa shape index (κ2) is 1.93. The lowest BCUT2D eigenvalue weighted by Gasteiger charge is -2.25. The Labute approximate surface area is 69.5 Å². The van der Waals surface area contributed by atoms with Gasteiger partial charge in [0.1, 0.15) is 0 Å². The van der Waals surface area contributed by atoms with Crippen molar-refractivity contribution >= 4 is 0 Å². The van der Waals surface area contributed by atoms with Gasteiger partial charge in [0.25, 0.3) is 0 Å². The van der Waals surface area contributed by atoms with Crippen LogP contribution < -0.4 is 9.47 Å². The van der Waals surface area contributed by atoms with Crippen LogP contribution in [0.1, 0.15) is 17.2 Å². The maximum absolute atomic E-state index is 9.33. The Morgan fingerprint density at radius 3 is 2.75 bits per heavy atom. The summed E-state index contributed by atoms with van der Waals surface area (Å²) in [6, 6.07) is 3.82. The number of hydrogen-bond acceptors (Lipinski definition) is 3. The van der Waals surface area contributed by atoms with Gasteiger partial charge >= 0.3 is 0 Å². The van der Waals surface area contributed by atoms with Gasteiger partial charge in [0.05, 0.1) is 6.10 Å². The van der Waals surface area contributed by atoms with Gasteiger partial charge in [0.15, 0.2) is 11.5 Å². The number of aliphatic hydroxyl groups is 1. The van der Waals surface area contributed by atoms with Crippen molar-refractivity contribution in [1.29, 1.82) is 0 Å². The van der Waals surface area contributed by atoms with Crippen molar-refractivity contribution < 1.29 is 14.6 Å². The molecular weight excluding hydrogens is 156 g/mol. The molecule has 0 amide bonds. The molecule has 3 heteroatoms. The highest BCUT2D eigenvalue weighted by molar-refractivity contribution is 5.53. The average Bonchev–Trinajstić information content (AvgIpc) is 2.49. The summed E-state index contributed by atoms with van der Waals surface area (Å²) in [6.07, 6.45) is 0.445. The number of hydrogen-bond donors (Lipinski definition) is 1. The monoisotopic (exact) mass is 164 g/mol. The summed E-state index contributed by atoms with van der Waals surface area (Å²) < 4.78 is 10.4. The Hall–Kier alpha value is -1.22. The highest BCUT2D eigenvalue weighted by atomic mass is 16.7.